The van der Waals surface area contributed by atoms with Crippen molar-refractivity contribution in [1.29, 1.82) is 0 Å². The van der Waals surface area contributed by atoms with Gasteiger partial charge in [-0.2, -0.15) is 5.10 Å². The molecule has 19 heavy (non-hydrogen) atoms. The summed E-state index contributed by atoms with van der Waals surface area (Å²) >= 11 is 9.61. The molecule has 0 radical (unpaired) electrons. The van der Waals surface area contributed by atoms with Gasteiger partial charge in [0.05, 0.1) is 11.7 Å². The summed E-state index contributed by atoms with van der Waals surface area (Å²) in [4.78, 5) is 0. The summed E-state index contributed by atoms with van der Waals surface area (Å²) in [6, 6.07) is 8.05. The van der Waals surface area contributed by atoms with Crippen LogP contribution in [0, 0.1) is 0 Å². The summed E-state index contributed by atoms with van der Waals surface area (Å²) in [5, 5.41) is 8.58. The molecular weight excluding hydrogens is 326 g/mol. The predicted octanol–water partition coefficient (Wildman–Crippen LogP) is 4.02. The largest absolute Gasteiger partial charge is 0.305 e. The van der Waals surface area contributed by atoms with Gasteiger partial charge in [-0.25, -0.2) is 0 Å². The smallest absolute Gasteiger partial charge is 0.0759 e. The van der Waals surface area contributed by atoms with Crippen molar-refractivity contribution in [2.45, 2.75) is 26.4 Å². The third-order valence-corrected chi connectivity index (χ3v) is 3.95. The Morgan fingerprint density at radius 2 is 2.16 bits per heavy atom. The maximum Gasteiger partial charge on any atom is 0.0759 e. The second kappa shape index (κ2) is 6.55. The lowest BCUT2D eigenvalue weighted by Crippen LogP contribution is -2.25. The number of aromatic nitrogens is 2. The number of benzene rings is 1. The van der Waals surface area contributed by atoms with Gasteiger partial charge in [-0.15, -0.1) is 0 Å². The Balaban J connectivity index is 2.45. The van der Waals surface area contributed by atoms with Crippen LogP contribution in [0.1, 0.15) is 31.1 Å². The average molecular weight is 343 g/mol. The van der Waals surface area contributed by atoms with Crippen LogP contribution >= 0.6 is 27.5 Å². The van der Waals surface area contributed by atoms with E-state index in [0.717, 1.165) is 28.3 Å². The van der Waals surface area contributed by atoms with E-state index in [4.69, 9.17) is 11.6 Å². The van der Waals surface area contributed by atoms with Gasteiger partial charge in [0, 0.05) is 22.2 Å². The van der Waals surface area contributed by atoms with Crippen molar-refractivity contribution in [3.05, 3.63) is 51.2 Å². The van der Waals surface area contributed by atoms with Crippen molar-refractivity contribution >= 4 is 27.5 Å². The van der Waals surface area contributed by atoms with E-state index >= 15 is 0 Å². The highest BCUT2D eigenvalue weighted by atomic mass is 79.9. The number of rotatable bonds is 5. The average Bonchev–Trinajstić information content (AvgIpc) is 2.85. The SMILES string of the molecule is CCNC(c1ccc(Cl)cc1Br)c1ccnn1CC. The number of aryl methyl sites for hydroxylation is 1. The van der Waals surface area contributed by atoms with E-state index < -0.39 is 0 Å². The fourth-order valence-corrected chi connectivity index (χ4v) is 3.08. The van der Waals surface area contributed by atoms with Gasteiger partial charge >= 0.3 is 0 Å². The number of halogens is 2. The van der Waals surface area contributed by atoms with Crippen LogP contribution in [0.25, 0.3) is 0 Å². The maximum absolute atomic E-state index is 6.01. The first kappa shape index (κ1) is 14.6. The molecule has 0 spiro atoms. The van der Waals surface area contributed by atoms with Crippen LogP contribution in [0.3, 0.4) is 0 Å². The summed E-state index contributed by atoms with van der Waals surface area (Å²) in [6.45, 7) is 5.93. The van der Waals surface area contributed by atoms with Crippen LogP contribution in [0.15, 0.2) is 34.9 Å². The Morgan fingerprint density at radius 1 is 1.37 bits per heavy atom. The van der Waals surface area contributed by atoms with Gasteiger partial charge in [-0.05, 0) is 37.2 Å². The van der Waals surface area contributed by atoms with Crippen LogP contribution in [-0.4, -0.2) is 16.3 Å². The third-order valence-electron chi connectivity index (χ3n) is 3.03. The minimum absolute atomic E-state index is 0.110. The molecule has 5 heteroatoms. The predicted molar refractivity (Wildman–Crippen MR) is 82.6 cm³/mol. The molecule has 102 valence electrons. The van der Waals surface area contributed by atoms with E-state index in [1.165, 1.54) is 5.56 Å². The van der Waals surface area contributed by atoms with E-state index in [1.807, 2.05) is 29.1 Å². The topological polar surface area (TPSA) is 29.9 Å². The molecule has 1 aromatic carbocycles. The molecule has 0 saturated carbocycles. The van der Waals surface area contributed by atoms with Crippen molar-refractivity contribution in [3.8, 4) is 0 Å². The van der Waals surface area contributed by atoms with E-state index in [1.54, 1.807) is 0 Å². The zero-order chi connectivity index (χ0) is 13.8. The molecule has 2 rings (SSSR count). The zero-order valence-corrected chi connectivity index (χ0v) is 13.4. The first-order chi connectivity index (χ1) is 9.17. The van der Waals surface area contributed by atoms with E-state index in [2.05, 4.69) is 46.3 Å². The lowest BCUT2D eigenvalue weighted by atomic mass is 10.0. The molecule has 0 fully saturated rings. The van der Waals surface area contributed by atoms with E-state index in [0.29, 0.717) is 0 Å². The third kappa shape index (κ3) is 3.19. The molecular formula is C14H17BrClN3. The fourth-order valence-electron chi connectivity index (χ4n) is 2.17. The molecule has 0 amide bonds. The highest BCUT2D eigenvalue weighted by molar-refractivity contribution is 9.10. The van der Waals surface area contributed by atoms with Gasteiger partial charge in [0.15, 0.2) is 0 Å². The fraction of sp³-hybridized carbons (Fsp3) is 0.357. The van der Waals surface area contributed by atoms with Gasteiger partial charge in [-0.3, -0.25) is 4.68 Å². The van der Waals surface area contributed by atoms with Crippen molar-refractivity contribution in [1.82, 2.24) is 15.1 Å². The summed E-state index contributed by atoms with van der Waals surface area (Å²) in [6.07, 6.45) is 1.84. The summed E-state index contributed by atoms with van der Waals surface area (Å²) in [5.74, 6) is 0. The molecule has 0 bridgehead atoms. The van der Waals surface area contributed by atoms with Crippen molar-refractivity contribution in [2.75, 3.05) is 6.54 Å². The normalized spacial score (nSPS) is 12.6. The highest BCUT2D eigenvalue weighted by Gasteiger charge is 2.19. The monoisotopic (exact) mass is 341 g/mol. The Labute approximate surface area is 127 Å². The Kier molecular flexibility index (Phi) is 5.02. The van der Waals surface area contributed by atoms with Crippen molar-refractivity contribution in [3.63, 3.8) is 0 Å². The molecule has 0 saturated heterocycles. The summed E-state index contributed by atoms with van der Waals surface area (Å²) in [7, 11) is 0. The van der Waals surface area contributed by atoms with Gasteiger partial charge in [-0.1, -0.05) is 40.5 Å². The molecule has 0 aliphatic heterocycles. The number of nitrogens with zero attached hydrogens (tertiary/aromatic N) is 2. The standard InChI is InChI=1S/C14H17BrClN3/c1-3-17-14(13-7-8-18-19(13)4-2)11-6-5-10(16)9-12(11)15/h5-9,14,17H,3-4H2,1-2H3. The van der Waals surface area contributed by atoms with Crippen LogP contribution in [-0.2, 0) is 6.54 Å². The van der Waals surface area contributed by atoms with Gasteiger partial charge in [0.2, 0.25) is 0 Å². The second-order valence-corrected chi connectivity index (χ2v) is 5.52. The maximum atomic E-state index is 6.01. The number of hydrogen-bond donors (Lipinski definition) is 1. The minimum atomic E-state index is 0.110. The molecule has 1 N–H and O–H groups in total. The quantitative estimate of drug-likeness (QED) is 0.889. The minimum Gasteiger partial charge on any atom is -0.305 e. The van der Waals surface area contributed by atoms with Crippen molar-refractivity contribution in [2.24, 2.45) is 0 Å². The molecule has 1 heterocycles. The van der Waals surface area contributed by atoms with Gasteiger partial charge in [0.1, 0.15) is 0 Å². The van der Waals surface area contributed by atoms with Crippen LogP contribution in [0.4, 0.5) is 0 Å². The molecule has 1 atom stereocenters. The molecule has 0 aliphatic rings. The second-order valence-electron chi connectivity index (χ2n) is 4.23. The molecule has 2 aromatic rings. The Morgan fingerprint density at radius 3 is 2.79 bits per heavy atom. The zero-order valence-electron chi connectivity index (χ0n) is 11.0. The van der Waals surface area contributed by atoms with Crippen LogP contribution in [0.2, 0.25) is 5.02 Å². The van der Waals surface area contributed by atoms with E-state index in [9.17, 15) is 0 Å². The first-order valence-corrected chi connectivity index (χ1v) is 7.54. The van der Waals surface area contributed by atoms with Crippen molar-refractivity contribution < 1.29 is 0 Å². The lowest BCUT2D eigenvalue weighted by Gasteiger charge is -2.21. The molecule has 1 unspecified atom stereocenters. The number of nitrogens with one attached hydrogen (secondary N) is 1. The van der Waals surface area contributed by atoms with E-state index in [-0.39, 0.29) is 6.04 Å². The highest BCUT2D eigenvalue weighted by Crippen LogP contribution is 2.30. The molecule has 1 aromatic heterocycles. The first-order valence-electron chi connectivity index (χ1n) is 6.37. The number of hydrogen-bond acceptors (Lipinski definition) is 2. The Hall–Kier alpha value is -0.840. The summed E-state index contributed by atoms with van der Waals surface area (Å²) < 4.78 is 3.02. The summed E-state index contributed by atoms with van der Waals surface area (Å²) in [5.41, 5.74) is 2.33. The van der Waals surface area contributed by atoms with Gasteiger partial charge < -0.3 is 5.32 Å². The van der Waals surface area contributed by atoms with Crippen LogP contribution in [0.5, 0.6) is 0 Å². The molecule has 3 nitrogen and oxygen atoms in total. The van der Waals surface area contributed by atoms with Crippen LogP contribution < -0.4 is 5.32 Å². The Bertz CT molecular complexity index is 553. The lowest BCUT2D eigenvalue weighted by molar-refractivity contribution is 0.541. The molecule has 0 aliphatic carbocycles. The van der Waals surface area contributed by atoms with Gasteiger partial charge in [0.25, 0.3) is 0 Å².